The van der Waals surface area contributed by atoms with Crippen molar-refractivity contribution in [1.82, 2.24) is 9.88 Å². The molecule has 0 unspecified atom stereocenters. The van der Waals surface area contributed by atoms with Gasteiger partial charge < -0.3 is 19.4 Å². The zero-order chi connectivity index (χ0) is 19.7. The zero-order valence-electron chi connectivity index (χ0n) is 15.7. The summed E-state index contributed by atoms with van der Waals surface area (Å²) in [5.41, 5.74) is 2.44. The molecule has 1 aromatic carbocycles. The zero-order valence-corrected chi connectivity index (χ0v) is 16.5. The molecule has 0 spiro atoms. The minimum Gasteiger partial charge on any atom is -0.493 e. The number of nitrogens with one attached hydrogen (secondary N) is 1. The molecule has 1 amide bonds. The Morgan fingerprint density at radius 1 is 1.32 bits per heavy atom. The molecule has 144 valence electrons. The van der Waals surface area contributed by atoms with E-state index >= 15 is 0 Å². The van der Waals surface area contributed by atoms with Gasteiger partial charge in [-0.2, -0.15) is 0 Å². The Balaban J connectivity index is 1.72. The number of aromatic amines is 1. The molecule has 0 fully saturated rings. The quantitative estimate of drug-likeness (QED) is 0.736. The van der Waals surface area contributed by atoms with E-state index < -0.39 is 0 Å². The number of thiophene rings is 1. The van der Waals surface area contributed by atoms with Gasteiger partial charge in [0.15, 0.2) is 16.9 Å². The molecular formula is C21H20N2O4S. The van der Waals surface area contributed by atoms with E-state index in [1.165, 1.54) is 12.3 Å². The molecule has 0 saturated carbocycles. The molecule has 0 aliphatic carbocycles. The second-order valence-electron chi connectivity index (χ2n) is 6.61. The number of ether oxygens (including phenoxy) is 2. The fourth-order valence-electron chi connectivity index (χ4n) is 3.30. The second kappa shape index (κ2) is 7.52. The van der Waals surface area contributed by atoms with Crippen molar-refractivity contribution < 1.29 is 14.3 Å². The molecule has 3 heterocycles. The number of hydrogen-bond donors (Lipinski definition) is 1. The van der Waals surface area contributed by atoms with E-state index in [1.54, 1.807) is 30.3 Å². The Labute approximate surface area is 166 Å². The number of hydrogen-bond acceptors (Lipinski definition) is 5. The van der Waals surface area contributed by atoms with E-state index in [9.17, 15) is 9.59 Å². The van der Waals surface area contributed by atoms with Crippen molar-refractivity contribution in [3.63, 3.8) is 0 Å². The number of fused-ring (bicyclic) bond motifs is 1. The molecule has 4 rings (SSSR count). The van der Waals surface area contributed by atoms with Crippen LogP contribution in [0.3, 0.4) is 0 Å². The van der Waals surface area contributed by atoms with Gasteiger partial charge in [-0.05, 0) is 36.1 Å². The van der Waals surface area contributed by atoms with Gasteiger partial charge in [-0.1, -0.05) is 6.07 Å². The van der Waals surface area contributed by atoms with Gasteiger partial charge in [-0.25, -0.2) is 0 Å². The Bertz CT molecular complexity index is 1070. The summed E-state index contributed by atoms with van der Waals surface area (Å²) in [7, 11) is 1.61. The topological polar surface area (TPSA) is 71.6 Å². The third kappa shape index (κ3) is 3.41. The largest absolute Gasteiger partial charge is 0.493 e. The molecule has 1 aliphatic rings. The fourth-order valence-corrected chi connectivity index (χ4v) is 4.02. The highest BCUT2D eigenvalue weighted by Crippen LogP contribution is 2.39. The summed E-state index contributed by atoms with van der Waals surface area (Å²) in [5.74, 6) is 0.984. The van der Waals surface area contributed by atoms with Crippen molar-refractivity contribution in [2.24, 2.45) is 0 Å². The van der Waals surface area contributed by atoms with Gasteiger partial charge in [0.1, 0.15) is 12.2 Å². The van der Waals surface area contributed by atoms with Crippen LogP contribution in [0.2, 0.25) is 0 Å². The first kappa shape index (κ1) is 18.3. The van der Waals surface area contributed by atoms with Gasteiger partial charge in [-0.15, -0.1) is 11.3 Å². The van der Waals surface area contributed by atoms with E-state index in [0.29, 0.717) is 31.2 Å². The number of pyridine rings is 1. The summed E-state index contributed by atoms with van der Waals surface area (Å²) in [6.45, 7) is 2.84. The number of H-pyrrole nitrogens is 1. The second-order valence-corrected chi connectivity index (χ2v) is 7.56. The lowest BCUT2D eigenvalue weighted by atomic mass is 10.1. The van der Waals surface area contributed by atoms with Crippen LogP contribution in [0.4, 0.5) is 0 Å². The van der Waals surface area contributed by atoms with Crippen LogP contribution in [0, 0.1) is 6.92 Å². The molecule has 0 radical (unpaired) electrons. The number of rotatable bonds is 3. The van der Waals surface area contributed by atoms with Crippen molar-refractivity contribution in [1.29, 1.82) is 0 Å². The minimum atomic E-state index is -0.307. The van der Waals surface area contributed by atoms with E-state index in [4.69, 9.17) is 9.47 Å². The molecule has 1 N–H and O–H groups in total. The number of carbonyl (C=O) groups is 1. The first-order valence-corrected chi connectivity index (χ1v) is 9.81. The SMILES string of the molecule is COc1cc(-c2cccs2)cc2c1OCCN(C(=O)c1c[nH]c(C)cc1=O)C2. The number of aryl methyl sites for hydroxylation is 1. The maximum absolute atomic E-state index is 13.0. The Hall–Kier alpha value is -3.06. The molecule has 1 aliphatic heterocycles. The smallest absolute Gasteiger partial charge is 0.259 e. The van der Waals surface area contributed by atoms with Crippen LogP contribution in [0.5, 0.6) is 11.5 Å². The average molecular weight is 396 g/mol. The van der Waals surface area contributed by atoms with Gasteiger partial charge >= 0.3 is 0 Å². The fraction of sp³-hybridized carbons (Fsp3) is 0.238. The van der Waals surface area contributed by atoms with E-state index in [2.05, 4.69) is 4.98 Å². The highest BCUT2D eigenvalue weighted by Gasteiger charge is 2.25. The third-order valence-electron chi connectivity index (χ3n) is 4.70. The molecule has 28 heavy (non-hydrogen) atoms. The molecule has 7 heteroatoms. The van der Waals surface area contributed by atoms with Crippen LogP contribution < -0.4 is 14.9 Å². The molecule has 6 nitrogen and oxygen atoms in total. The van der Waals surface area contributed by atoms with Crippen LogP contribution in [0.25, 0.3) is 10.4 Å². The lowest BCUT2D eigenvalue weighted by Gasteiger charge is -2.20. The number of methoxy groups -OCH3 is 1. The number of carbonyl (C=O) groups excluding carboxylic acids is 1. The van der Waals surface area contributed by atoms with Crippen molar-refractivity contribution in [2.75, 3.05) is 20.3 Å². The Morgan fingerprint density at radius 3 is 2.89 bits per heavy atom. The first-order chi connectivity index (χ1) is 13.6. The van der Waals surface area contributed by atoms with Gasteiger partial charge in [0.05, 0.1) is 13.7 Å². The highest BCUT2D eigenvalue weighted by atomic mass is 32.1. The van der Waals surface area contributed by atoms with Gasteiger partial charge in [0, 0.05) is 34.9 Å². The molecule has 0 saturated heterocycles. The molecule has 3 aromatic rings. The molecular weight excluding hydrogens is 376 g/mol. The summed E-state index contributed by atoms with van der Waals surface area (Å²) >= 11 is 1.64. The standard InChI is InChI=1S/C21H20N2O4S/c1-13-8-17(24)16(11-22-13)21(25)23-5-6-27-20-15(12-23)9-14(10-18(20)26-2)19-4-3-7-28-19/h3-4,7-11H,5-6,12H2,1-2H3,(H,22,24). The maximum atomic E-state index is 13.0. The molecule has 2 aromatic heterocycles. The summed E-state index contributed by atoms with van der Waals surface area (Å²) in [4.78, 5) is 30.9. The van der Waals surface area contributed by atoms with Crippen LogP contribution in [-0.4, -0.2) is 36.1 Å². The monoisotopic (exact) mass is 396 g/mol. The number of aromatic nitrogens is 1. The minimum absolute atomic E-state index is 0.135. The number of nitrogens with zero attached hydrogens (tertiary/aromatic N) is 1. The van der Waals surface area contributed by atoms with E-state index in [-0.39, 0.29) is 16.9 Å². The summed E-state index contributed by atoms with van der Waals surface area (Å²) in [5, 5.41) is 2.02. The van der Waals surface area contributed by atoms with Crippen LogP contribution >= 0.6 is 11.3 Å². The molecule has 0 atom stereocenters. The number of benzene rings is 1. The first-order valence-electron chi connectivity index (χ1n) is 8.93. The van der Waals surface area contributed by atoms with E-state index in [0.717, 1.165) is 21.7 Å². The Kier molecular flexibility index (Phi) is 4.92. The van der Waals surface area contributed by atoms with Gasteiger partial charge in [-0.3, -0.25) is 9.59 Å². The van der Waals surface area contributed by atoms with Gasteiger partial charge in [0.2, 0.25) is 0 Å². The van der Waals surface area contributed by atoms with Crippen molar-refractivity contribution >= 4 is 17.2 Å². The molecule has 0 bridgehead atoms. The van der Waals surface area contributed by atoms with Crippen molar-refractivity contribution in [3.05, 3.63) is 69.0 Å². The third-order valence-corrected chi connectivity index (χ3v) is 5.62. The summed E-state index contributed by atoms with van der Waals surface area (Å²) < 4.78 is 11.4. The normalized spacial score (nSPS) is 13.4. The van der Waals surface area contributed by atoms with Crippen molar-refractivity contribution in [3.8, 4) is 21.9 Å². The van der Waals surface area contributed by atoms with Gasteiger partial charge in [0.25, 0.3) is 5.91 Å². The highest BCUT2D eigenvalue weighted by molar-refractivity contribution is 7.13. The maximum Gasteiger partial charge on any atom is 0.259 e. The number of amides is 1. The van der Waals surface area contributed by atoms with Crippen molar-refractivity contribution in [2.45, 2.75) is 13.5 Å². The van der Waals surface area contributed by atoms with Crippen LogP contribution in [0.15, 0.2) is 46.7 Å². The summed E-state index contributed by atoms with van der Waals surface area (Å²) in [6.07, 6.45) is 1.48. The Morgan fingerprint density at radius 2 is 2.18 bits per heavy atom. The lowest BCUT2D eigenvalue weighted by molar-refractivity contribution is 0.0731. The predicted molar refractivity (Wildman–Crippen MR) is 108 cm³/mol. The lowest BCUT2D eigenvalue weighted by Crippen LogP contribution is -2.35. The average Bonchev–Trinajstić information content (AvgIpc) is 3.13. The predicted octanol–water partition coefficient (Wildman–Crippen LogP) is 3.46. The summed E-state index contributed by atoms with van der Waals surface area (Å²) in [6, 6.07) is 9.45. The van der Waals surface area contributed by atoms with Crippen LogP contribution in [0.1, 0.15) is 21.6 Å². The van der Waals surface area contributed by atoms with Crippen LogP contribution in [-0.2, 0) is 6.54 Å². The van der Waals surface area contributed by atoms with E-state index in [1.807, 2.05) is 29.6 Å².